The minimum atomic E-state index is -0.501. The highest BCUT2D eigenvalue weighted by Gasteiger charge is 2.08. The number of fused-ring (bicyclic) bond motifs is 1. The first-order valence-electron chi connectivity index (χ1n) is 3.98. The van der Waals surface area contributed by atoms with Gasteiger partial charge in [-0.3, -0.25) is 4.79 Å². The van der Waals surface area contributed by atoms with E-state index in [1.807, 2.05) is 6.07 Å². The molecule has 1 aromatic heterocycles. The number of aromatic nitrogens is 1. The molecule has 14 heavy (non-hydrogen) atoms. The van der Waals surface area contributed by atoms with E-state index >= 15 is 0 Å². The molecule has 0 aliphatic carbocycles. The van der Waals surface area contributed by atoms with Gasteiger partial charge >= 0.3 is 11.5 Å². The van der Waals surface area contributed by atoms with Crippen molar-refractivity contribution in [1.82, 2.24) is 4.12 Å². The maximum atomic E-state index is 11.6. The molecule has 0 amide bonds. The highest BCUT2D eigenvalue weighted by molar-refractivity contribution is 7.13. The van der Waals surface area contributed by atoms with E-state index in [-0.39, 0.29) is 5.56 Å². The van der Waals surface area contributed by atoms with Crippen LogP contribution in [0, 0.1) is 0 Å². The molecule has 2 rings (SSSR count). The number of hydrogen-bond acceptors (Lipinski definition) is 4. The third-order valence-electron chi connectivity index (χ3n) is 1.68. The molecule has 0 spiro atoms. The standard InChI is InChI=1S/C9H7NO3S/c1-6(11)13-10-9(12)7-4-2-3-5-8(7)14-10/h2-5H,1H3. The lowest BCUT2D eigenvalue weighted by Crippen LogP contribution is -2.24. The third kappa shape index (κ3) is 1.42. The zero-order chi connectivity index (χ0) is 10.1. The molecule has 0 atom stereocenters. The van der Waals surface area contributed by atoms with E-state index in [1.165, 1.54) is 6.92 Å². The fraction of sp³-hybridized carbons (Fsp3) is 0.111. The Hall–Kier alpha value is -1.62. The third-order valence-corrected chi connectivity index (χ3v) is 2.63. The Morgan fingerprint density at radius 2 is 2.14 bits per heavy atom. The van der Waals surface area contributed by atoms with Gasteiger partial charge in [-0.2, -0.15) is 0 Å². The summed E-state index contributed by atoms with van der Waals surface area (Å²) in [5, 5.41) is 0.568. The number of carbonyl (C=O) groups is 1. The van der Waals surface area contributed by atoms with E-state index in [9.17, 15) is 9.59 Å². The summed E-state index contributed by atoms with van der Waals surface area (Å²) in [6.45, 7) is 1.26. The van der Waals surface area contributed by atoms with Crippen molar-refractivity contribution in [3.8, 4) is 0 Å². The number of carbonyl (C=O) groups excluding carboxylic acids is 1. The van der Waals surface area contributed by atoms with Gasteiger partial charge in [-0.15, -0.1) is 0 Å². The molecule has 0 aliphatic rings. The minimum absolute atomic E-state index is 0.291. The lowest BCUT2D eigenvalue weighted by atomic mass is 10.3. The molecule has 0 N–H and O–H groups in total. The summed E-state index contributed by atoms with van der Waals surface area (Å²) in [4.78, 5) is 26.9. The lowest BCUT2D eigenvalue weighted by molar-refractivity contribution is -0.140. The molecule has 2 aromatic rings. The Morgan fingerprint density at radius 3 is 2.79 bits per heavy atom. The summed E-state index contributed by atoms with van der Waals surface area (Å²) in [7, 11) is 0. The normalized spacial score (nSPS) is 10.4. The van der Waals surface area contributed by atoms with Crippen LogP contribution < -0.4 is 10.4 Å². The van der Waals surface area contributed by atoms with E-state index in [0.29, 0.717) is 5.39 Å². The van der Waals surface area contributed by atoms with E-state index in [0.717, 1.165) is 20.4 Å². The molecular weight excluding hydrogens is 202 g/mol. The van der Waals surface area contributed by atoms with Gasteiger partial charge in [0, 0.05) is 6.92 Å². The number of nitrogens with zero attached hydrogens (tertiary/aromatic N) is 1. The average molecular weight is 209 g/mol. The number of hydrogen-bond donors (Lipinski definition) is 0. The average Bonchev–Trinajstić information content (AvgIpc) is 2.44. The Kier molecular flexibility index (Phi) is 2.09. The van der Waals surface area contributed by atoms with Crippen LogP contribution in [0.2, 0.25) is 0 Å². The zero-order valence-electron chi connectivity index (χ0n) is 7.39. The van der Waals surface area contributed by atoms with Crippen LogP contribution in [-0.4, -0.2) is 10.1 Å². The molecule has 0 saturated carbocycles. The van der Waals surface area contributed by atoms with Crippen molar-refractivity contribution < 1.29 is 9.63 Å². The SMILES string of the molecule is CC(=O)On1sc2ccccc2c1=O. The van der Waals surface area contributed by atoms with Crippen molar-refractivity contribution in [1.29, 1.82) is 0 Å². The van der Waals surface area contributed by atoms with Gasteiger partial charge in [0.2, 0.25) is 0 Å². The number of benzene rings is 1. The molecule has 1 heterocycles. The molecule has 4 nitrogen and oxygen atoms in total. The Balaban J connectivity index is 2.63. The van der Waals surface area contributed by atoms with Crippen molar-refractivity contribution in [3.05, 3.63) is 34.6 Å². The second-order valence-corrected chi connectivity index (χ2v) is 3.69. The monoisotopic (exact) mass is 209 g/mol. The largest absolute Gasteiger partial charge is 0.331 e. The summed E-state index contributed by atoms with van der Waals surface area (Å²) >= 11 is 1.11. The summed E-state index contributed by atoms with van der Waals surface area (Å²) in [5.74, 6) is -0.501. The molecule has 1 aromatic carbocycles. The van der Waals surface area contributed by atoms with Gasteiger partial charge in [-0.05, 0) is 23.7 Å². The van der Waals surface area contributed by atoms with Gasteiger partial charge in [0.1, 0.15) is 0 Å². The topological polar surface area (TPSA) is 48.3 Å². The van der Waals surface area contributed by atoms with Crippen LogP contribution in [0.1, 0.15) is 6.92 Å². The molecule has 0 bridgehead atoms. The van der Waals surface area contributed by atoms with E-state index in [2.05, 4.69) is 0 Å². The van der Waals surface area contributed by atoms with Crippen LogP contribution in [-0.2, 0) is 4.79 Å². The molecular formula is C9H7NO3S. The Labute approximate surface area is 83.4 Å². The quantitative estimate of drug-likeness (QED) is 0.705. The van der Waals surface area contributed by atoms with E-state index in [4.69, 9.17) is 4.84 Å². The van der Waals surface area contributed by atoms with Crippen LogP contribution in [0.3, 0.4) is 0 Å². The van der Waals surface area contributed by atoms with Crippen molar-refractivity contribution in [2.45, 2.75) is 6.92 Å². The van der Waals surface area contributed by atoms with Crippen molar-refractivity contribution >= 4 is 27.6 Å². The van der Waals surface area contributed by atoms with Crippen molar-refractivity contribution in [3.63, 3.8) is 0 Å². The second kappa shape index (κ2) is 3.26. The fourth-order valence-electron chi connectivity index (χ4n) is 1.13. The van der Waals surface area contributed by atoms with Crippen LogP contribution in [0.15, 0.2) is 29.1 Å². The highest BCUT2D eigenvalue weighted by atomic mass is 32.1. The van der Waals surface area contributed by atoms with E-state index < -0.39 is 5.97 Å². The lowest BCUT2D eigenvalue weighted by Gasteiger charge is -1.94. The van der Waals surface area contributed by atoms with Gasteiger partial charge in [0.15, 0.2) is 0 Å². The van der Waals surface area contributed by atoms with E-state index in [1.54, 1.807) is 18.2 Å². The zero-order valence-corrected chi connectivity index (χ0v) is 8.21. The maximum absolute atomic E-state index is 11.6. The molecule has 0 saturated heterocycles. The van der Waals surface area contributed by atoms with Crippen LogP contribution >= 0.6 is 11.5 Å². The summed E-state index contributed by atoms with van der Waals surface area (Å²) in [6, 6.07) is 7.11. The van der Waals surface area contributed by atoms with Crippen LogP contribution in [0.4, 0.5) is 0 Å². The predicted octanol–water partition coefficient (Wildman–Crippen LogP) is 1.04. The molecule has 0 unspecified atom stereocenters. The predicted molar refractivity (Wildman–Crippen MR) is 53.3 cm³/mol. The first kappa shape index (κ1) is 8.96. The first-order chi connectivity index (χ1) is 6.68. The highest BCUT2D eigenvalue weighted by Crippen LogP contribution is 2.14. The van der Waals surface area contributed by atoms with Gasteiger partial charge in [0.25, 0.3) is 0 Å². The van der Waals surface area contributed by atoms with Gasteiger partial charge in [-0.1, -0.05) is 16.3 Å². The second-order valence-electron chi connectivity index (χ2n) is 2.73. The molecule has 0 radical (unpaired) electrons. The van der Waals surface area contributed by atoms with Gasteiger partial charge in [0.05, 0.1) is 10.1 Å². The fourth-order valence-corrected chi connectivity index (χ4v) is 2.02. The summed E-state index contributed by atoms with van der Waals surface area (Å²) in [5.41, 5.74) is -0.291. The summed E-state index contributed by atoms with van der Waals surface area (Å²) < 4.78 is 1.80. The van der Waals surface area contributed by atoms with Crippen molar-refractivity contribution in [2.24, 2.45) is 0 Å². The van der Waals surface area contributed by atoms with Crippen LogP contribution in [0.5, 0.6) is 0 Å². The Bertz CT molecular complexity index is 540. The summed E-state index contributed by atoms with van der Waals surface area (Å²) in [6.07, 6.45) is 0. The van der Waals surface area contributed by atoms with Crippen molar-refractivity contribution in [2.75, 3.05) is 0 Å². The van der Waals surface area contributed by atoms with Gasteiger partial charge in [-0.25, -0.2) is 4.79 Å². The van der Waals surface area contributed by atoms with Crippen LogP contribution in [0.25, 0.3) is 10.1 Å². The maximum Gasteiger partial charge on any atom is 0.331 e. The minimum Gasteiger partial charge on any atom is -0.323 e. The molecule has 5 heteroatoms. The first-order valence-corrected chi connectivity index (χ1v) is 4.76. The molecule has 0 fully saturated rings. The van der Waals surface area contributed by atoms with Gasteiger partial charge < -0.3 is 4.84 Å². The Morgan fingerprint density at radius 1 is 1.43 bits per heavy atom. The smallest absolute Gasteiger partial charge is 0.323 e. The molecule has 0 aliphatic heterocycles. The number of rotatable bonds is 1. The molecule has 72 valence electrons.